The van der Waals surface area contributed by atoms with Crippen LogP contribution in [0.25, 0.3) is 0 Å². The average molecular weight is 333 g/mol. The van der Waals surface area contributed by atoms with E-state index in [4.69, 9.17) is 9.47 Å². The summed E-state index contributed by atoms with van der Waals surface area (Å²) in [5.41, 5.74) is 2.62. The Bertz CT molecular complexity index is 550. The number of esters is 1. The van der Waals surface area contributed by atoms with E-state index in [0.29, 0.717) is 24.1 Å². The van der Waals surface area contributed by atoms with Crippen LogP contribution >= 0.6 is 0 Å². The maximum atomic E-state index is 11.4. The second kappa shape index (κ2) is 9.07. The Labute approximate surface area is 146 Å². The monoisotopic (exact) mass is 333 g/mol. The molecule has 0 saturated heterocycles. The highest BCUT2D eigenvalue weighted by atomic mass is 16.6. The van der Waals surface area contributed by atoms with Crippen molar-refractivity contribution in [2.75, 3.05) is 19.7 Å². The Morgan fingerprint density at radius 3 is 2.12 bits per heavy atom. The van der Waals surface area contributed by atoms with E-state index in [9.17, 15) is 4.79 Å². The van der Waals surface area contributed by atoms with Gasteiger partial charge in [0.1, 0.15) is 0 Å². The predicted molar refractivity (Wildman–Crippen MR) is 96.9 cm³/mol. The molecule has 1 aromatic carbocycles. The van der Waals surface area contributed by atoms with Crippen molar-refractivity contribution in [3.05, 3.63) is 23.3 Å². The first-order valence-electron chi connectivity index (χ1n) is 9.30. The van der Waals surface area contributed by atoms with Gasteiger partial charge in [0.15, 0.2) is 11.5 Å². The number of nitrogens with zero attached hydrogens (tertiary/aromatic N) is 1. The van der Waals surface area contributed by atoms with E-state index in [1.165, 1.54) is 30.9 Å². The van der Waals surface area contributed by atoms with Gasteiger partial charge in [-0.15, -0.1) is 0 Å². The molecule has 4 nitrogen and oxygen atoms in total. The van der Waals surface area contributed by atoms with Gasteiger partial charge in [-0.2, -0.15) is 0 Å². The van der Waals surface area contributed by atoms with Gasteiger partial charge >= 0.3 is 5.97 Å². The molecule has 4 heteroatoms. The number of carbonyl (C=O) groups is 1. The summed E-state index contributed by atoms with van der Waals surface area (Å²) in [7, 11) is 0. The van der Waals surface area contributed by atoms with Crippen LogP contribution in [0.1, 0.15) is 58.1 Å². The molecule has 0 N–H and O–H groups in total. The van der Waals surface area contributed by atoms with Crippen LogP contribution in [0.15, 0.2) is 12.1 Å². The molecule has 1 unspecified atom stereocenters. The molecule has 0 aromatic heterocycles. The van der Waals surface area contributed by atoms with Gasteiger partial charge in [-0.25, -0.2) is 0 Å². The van der Waals surface area contributed by atoms with Crippen LogP contribution in [0, 0.1) is 0 Å². The molecule has 2 rings (SSSR count). The topological polar surface area (TPSA) is 38.8 Å². The highest BCUT2D eigenvalue weighted by Crippen LogP contribution is 2.36. The van der Waals surface area contributed by atoms with Crippen molar-refractivity contribution in [3.63, 3.8) is 0 Å². The van der Waals surface area contributed by atoms with E-state index in [1.54, 1.807) is 0 Å². The SMILES string of the molecule is CCCOc1cc2c(cc1OC(C)=O)CC(N(CCC)CCC)C2. The zero-order valence-electron chi connectivity index (χ0n) is 15.6. The van der Waals surface area contributed by atoms with Crippen LogP contribution in [-0.2, 0) is 17.6 Å². The fraction of sp³-hybridized carbons (Fsp3) is 0.650. The lowest BCUT2D eigenvalue weighted by atomic mass is 10.1. The van der Waals surface area contributed by atoms with E-state index < -0.39 is 0 Å². The molecule has 0 heterocycles. The molecule has 1 aromatic rings. The lowest BCUT2D eigenvalue weighted by molar-refractivity contribution is -0.132. The smallest absolute Gasteiger partial charge is 0.308 e. The predicted octanol–water partition coefficient (Wildman–Crippen LogP) is 3.99. The van der Waals surface area contributed by atoms with Crippen molar-refractivity contribution >= 4 is 5.97 Å². The minimum absolute atomic E-state index is 0.301. The number of rotatable bonds is 9. The van der Waals surface area contributed by atoms with E-state index in [0.717, 1.165) is 32.4 Å². The van der Waals surface area contributed by atoms with Crippen LogP contribution in [0.4, 0.5) is 0 Å². The van der Waals surface area contributed by atoms with Crippen LogP contribution < -0.4 is 9.47 Å². The van der Waals surface area contributed by atoms with Gasteiger partial charge in [0, 0.05) is 13.0 Å². The summed E-state index contributed by atoms with van der Waals surface area (Å²) in [4.78, 5) is 14.0. The summed E-state index contributed by atoms with van der Waals surface area (Å²) < 4.78 is 11.2. The number of fused-ring (bicyclic) bond motifs is 1. The molecular weight excluding hydrogens is 302 g/mol. The third-order valence-electron chi connectivity index (χ3n) is 4.43. The highest BCUT2D eigenvalue weighted by Gasteiger charge is 2.28. The third-order valence-corrected chi connectivity index (χ3v) is 4.43. The van der Waals surface area contributed by atoms with Crippen molar-refractivity contribution in [3.8, 4) is 11.5 Å². The molecule has 0 radical (unpaired) electrons. The Hall–Kier alpha value is -1.55. The van der Waals surface area contributed by atoms with Crippen molar-refractivity contribution in [1.29, 1.82) is 0 Å². The standard InChI is InChI=1S/C20H31NO3/c1-5-8-21(9-6-2)18-11-16-13-19(23-10-7-3)20(24-15(4)22)14-17(16)12-18/h13-14,18H,5-12H2,1-4H3. The minimum atomic E-state index is -0.301. The number of hydrogen-bond donors (Lipinski definition) is 0. The number of hydrogen-bond acceptors (Lipinski definition) is 4. The highest BCUT2D eigenvalue weighted by molar-refractivity contribution is 5.71. The summed E-state index contributed by atoms with van der Waals surface area (Å²) in [6.07, 6.45) is 5.36. The number of carbonyl (C=O) groups excluding carboxylic acids is 1. The summed E-state index contributed by atoms with van der Waals surface area (Å²) in [5, 5.41) is 0. The van der Waals surface area contributed by atoms with Gasteiger partial charge in [0.25, 0.3) is 0 Å². The molecule has 24 heavy (non-hydrogen) atoms. The second-order valence-corrected chi connectivity index (χ2v) is 6.61. The lowest BCUT2D eigenvalue weighted by Crippen LogP contribution is -2.37. The molecule has 1 aliphatic rings. The Kier molecular flexibility index (Phi) is 7.10. The van der Waals surface area contributed by atoms with Gasteiger partial charge in [-0.05, 0) is 68.5 Å². The van der Waals surface area contributed by atoms with Gasteiger partial charge in [-0.3, -0.25) is 9.69 Å². The summed E-state index contributed by atoms with van der Waals surface area (Å²) >= 11 is 0. The molecule has 0 saturated carbocycles. The molecule has 1 aliphatic carbocycles. The van der Waals surface area contributed by atoms with Crippen molar-refractivity contribution in [1.82, 2.24) is 4.90 Å². The number of ether oxygens (including phenoxy) is 2. The van der Waals surface area contributed by atoms with Crippen molar-refractivity contribution in [2.24, 2.45) is 0 Å². The van der Waals surface area contributed by atoms with Crippen molar-refractivity contribution in [2.45, 2.75) is 65.8 Å². The molecule has 1 atom stereocenters. The fourth-order valence-electron chi connectivity index (χ4n) is 3.47. The molecule has 0 amide bonds. The Morgan fingerprint density at radius 2 is 1.62 bits per heavy atom. The molecule has 0 fully saturated rings. The van der Waals surface area contributed by atoms with Gasteiger partial charge in [-0.1, -0.05) is 20.8 Å². The second-order valence-electron chi connectivity index (χ2n) is 6.61. The zero-order valence-corrected chi connectivity index (χ0v) is 15.6. The lowest BCUT2D eigenvalue weighted by Gasteiger charge is -2.27. The maximum absolute atomic E-state index is 11.4. The molecule has 0 spiro atoms. The maximum Gasteiger partial charge on any atom is 0.308 e. The van der Waals surface area contributed by atoms with Gasteiger partial charge < -0.3 is 9.47 Å². The average Bonchev–Trinajstić information content (AvgIpc) is 2.94. The molecular formula is C20H31NO3. The first kappa shape index (κ1) is 18.8. The minimum Gasteiger partial charge on any atom is -0.490 e. The van der Waals surface area contributed by atoms with Crippen LogP contribution in [0.3, 0.4) is 0 Å². The van der Waals surface area contributed by atoms with Crippen LogP contribution in [-0.4, -0.2) is 36.6 Å². The Balaban J connectivity index is 2.21. The molecule has 134 valence electrons. The molecule has 0 bridgehead atoms. The molecule has 0 aliphatic heterocycles. The third kappa shape index (κ3) is 4.73. The summed E-state index contributed by atoms with van der Waals surface area (Å²) in [6.45, 7) is 10.9. The fourth-order valence-corrected chi connectivity index (χ4v) is 3.47. The summed E-state index contributed by atoms with van der Waals surface area (Å²) in [5.74, 6) is 0.960. The zero-order chi connectivity index (χ0) is 17.5. The van der Waals surface area contributed by atoms with Crippen LogP contribution in [0.2, 0.25) is 0 Å². The van der Waals surface area contributed by atoms with E-state index in [1.807, 2.05) is 6.07 Å². The van der Waals surface area contributed by atoms with Crippen LogP contribution in [0.5, 0.6) is 11.5 Å². The van der Waals surface area contributed by atoms with Crippen molar-refractivity contribution < 1.29 is 14.3 Å². The Morgan fingerprint density at radius 1 is 1.04 bits per heavy atom. The van der Waals surface area contributed by atoms with E-state index in [2.05, 4.69) is 31.7 Å². The largest absolute Gasteiger partial charge is 0.490 e. The van der Waals surface area contributed by atoms with E-state index >= 15 is 0 Å². The van der Waals surface area contributed by atoms with Gasteiger partial charge in [0.05, 0.1) is 6.61 Å². The quantitative estimate of drug-likeness (QED) is 0.506. The number of benzene rings is 1. The van der Waals surface area contributed by atoms with Gasteiger partial charge in [0.2, 0.25) is 0 Å². The first-order chi connectivity index (χ1) is 11.6. The normalized spacial score (nSPS) is 16.3. The first-order valence-corrected chi connectivity index (χ1v) is 9.30. The summed E-state index contributed by atoms with van der Waals surface area (Å²) in [6, 6.07) is 4.64. The van der Waals surface area contributed by atoms with E-state index in [-0.39, 0.29) is 5.97 Å².